The maximum atomic E-state index is 10.0. The van der Waals surface area contributed by atoms with Crippen molar-refractivity contribution in [2.75, 3.05) is 19.8 Å². The van der Waals surface area contributed by atoms with Crippen molar-refractivity contribution in [2.24, 2.45) is 0 Å². The van der Waals surface area contributed by atoms with E-state index in [1.54, 1.807) is 0 Å². The monoisotopic (exact) mass is 372 g/mol. The van der Waals surface area contributed by atoms with Crippen molar-refractivity contribution in [1.82, 2.24) is 0 Å². The maximum absolute atomic E-state index is 10.0. The summed E-state index contributed by atoms with van der Waals surface area (Å²) in [6.07, 6.45) is 15.2. The SMILES string of the molecule is CCCCC/C=C/CCCCCCCCO[C@@H]1CO[C@H]([C@@H](O)CO)[C@@H]1O. The molecule has 0 aromatic rings. The van der Waals surface area contributed by atoms with Crippen LogP contribution in [0.4, 0.5) is 0 Å². The average molecular weight is 373 g/mol. The second-order valence-electron chi connectivity index (χ2n) is 7.32. The Labute approximate surface area is 159 Å². The van der Waals surface area contributed by atoms with Crippen LogP contribution < -0.4 is 0 Å². The van der Waals surface area contributed by atoms with Gasteiger partial charge in [0.2, 0.25) is 0 Å². The maximum Gasteiger partial charge on any atom is 0.114 e. The lowest BCUT2D eigenvalue weighted by molar-refractivity contribution is -0.0730. The van der Waals surface area contributed by atoms with Crippen LogP contribution in [0.5, 0.6) is 0 Å². The number of aliphatic hydroxyl groups is 3. The lowest BCUT2D eigenvalue weighted by Crippen LogP contribution is -2.41. The fraction of sp³-hybridized carbons (Fsp3) is 0.905. The zero-order valence-electron chi connectivity index (χ0n) is 16.5. The molecule has 1 saturated heterocycles. The number of hydrogen-bond donors (Lipinski definition) is 3. The predicted molar refractivity (Wildman–Crippen MR) is 104 cm³/mol. The van der Waals surface area contributed by atoms with Crippen molar-refractivity contribution in [3.8, 4) is 0 Å². The first-order valence-electron chi connectivity index (χ1n) is 10.6. The van der Waals surface area contributed by atoms with E-state index >= 15 is 0 Å². The van der Waals surface area contributed by atoms with Crippen LogP contribution in [0.1, 0.15) is 77.6 Å². The van der Waals surface area contributed by atoms with E-state index in [2.05, 4.69) is 19.1 Å². The minimum absolute atomic E-state index is 0.273. The molecule has 0 aliphatic carbocycles. The molecule has 1 aliphatic heterocycles. The third-order valence-corrected chi connectivity index (χ3v) is 4.97. The highest BCUT2D eigenvalue weighted by Gasteiger charge is 2.40. The van der Waals surface area contributed by atoms with Gasteiger partial charge in [-0.05, 0) is 32.1 Å². The van der Waals surface area contributed by atoms with Crippen LogP contribution in [0.25, 0.3) is 0 Å². The molecule has 154 valence electrons. The molecule has 1 fully saturated rings. The van der Waals surface area contributed by atoms with Crippen LogP contribution in [-0.4, -0.2) is 59.6 Å². The van der Waals surface area contributed by atoms with Gasteiger partial charge in [0.15, 0.2) is 0 Å². The molecule has 0 saturated carbocycles. The summed E-state index contributed by atoms with van der Waals surface area (Å²) in [5.41, 5.74) is 0. The van der Waals surface area contributed by atoms with Crippen LogP contribution in [0, 0.1) is 0 Å². The van der Waals surface area contributed by atoms with Gasteiger partial charge >= 0.3 is 0 Å². The number of rotatable bonds is 16. The fourth-order valence-electron chi connectivity index (χ4n) is 3.26. The van der Waals surface area contributed by atoms with Crippen LogP contribution in [0.2, 0.25) is 0 Å². The second kappa shape index (κ2) is 15.6. The molecule has 26 heavy (non-hydrogen) atoms. The quantitative estimate of drug-likeness (QED) is 0.286. The van der Waals surface area contributed by atoms with E-state index in [0.717, 1.165) is 12.8 Å². The summed E-state index contributed by atoms with van der Waals surface area (Å²) in [5.74, 6) is 0. The van der Waals surface area contributed by atoms with Gasteiger partial charge in [-0.2, -0.15) is 0 Å². The van der Waals surface area contributed by atoms with Gasteiger partial charge in [-0.15, -0.1) is 0 Å². The molecule has 0 aromatic carbocycles. The first-order valence-corrected chi connectivity index (χ1v) is 10.6. The smallest absolute Gasteiger partial charge is 0.114 e. The van der Waals surface area contributed by atoms with Crippen LogP contribution in [0.15, 0.2) is 12.2 Å². The standard InChI is InChI=1S/C21H40O5/c1-2-3-4-5-6-7-8-9-10-11-12-13-14-15-25-19-17-26-21(20(19)24)18(23)16-22/h6-7,18-24H,2-5,8-17H2,1H3/b7-6+/t18-,19+,20+,21+/m0/s1. The molecule has 5 nitrogen and oxygen atoms in total. The molecule has 0 aromatic heterocycles. The van der Waals surface area contributed by atoms with E-state index in [1.165, 1.54) is 57.8 Å². The Hall–Kier alpha value is -0.460. The van der Waals surface area contributed by atoms with E-state index in [0.29, 0.717) is 6.61 Å². The van der Waals surface area contributed by atoms with Crippen molar-refractivity contribution < 1.29 is 24.8 Å². The van der Waals surface area contributed by atoms with E-state index in [-0.39, 0.29) is 6.61 Å². The second-order valence-corrected chi connectivity index (χ2v) is 7.32. The highest BCUT2D eigenvalue weighted by molar-refractivity contribution is 4.88. The molecule has 0 spiro atoms. The summed E-state index contributed by atoms with van der Waals surface area (Å²) in [6, 6.07) is 0. The first kappa shape index (κ1) is 23.6. The largest absolute Gasteiger partial charge is 0.394 e. The topological polar surface area (TPSA) is 79.2 Å². The molecule has 1 rings (SSSR count). The number of unbranched alkanes of at least 4 members (excludes halogenated alkanes) is 9. The van der Waals surface area contributed by atoms with Gasteiger partial charge in [-0.1, -0.05) is 57.6 Å². The van der Waals surface area contributed by atoms with Gasteiger partial charge in [0.05, 0.1) is 13.2 Å². The Balaban J connectivity index is 1.88. The highest BCUT2D eigenvalue weighted by Crippen LogP contribution is 2.20. The van der Waals surface area contributed by atoms with Gasteiger partial charge in [-0.3, -0.25) is 0 Å². The number of ether oxygens (including phenoxy) is 2. The molecule has 1 heterocycles. The van der Waals surface area contributed by atoms with Crippen molar-refractivity contribution in [3.05, 3.63) is 12.2 Å². The van der Waals surface area contributed by atoms with Gasteiger partial charge < -0.3 is 24.8 Å². The molecule has 0 amide bonds. The average Bonchev–Trinajstić information content (AvgIpc) is 3.02. The van der Waals surface area contributed by atoms with Crippen molar-refractivity contribution in [1.29, 1.82) is 0 Å². The predicted octanol–water partition coefficient (Wildman–Crippen LogP) is 3.35. The molecule has 4 atom stereocenters. The van der Waals surface area contributed by atoms with E-state index in [1.807, 2.05) is 0 Å². The van der Waals surface area contributed by atoms with E-state index < -0.39 is 31.0 Å². The summed E-state index contributed by atoms with van der Waals surface area (Å²) in [7, 11) is 0. The number of aliphatic hydroxyl groups excluding tert-OH is 3. The van der Waals surface area contributed by atoms with E-state index in [9.17, 15) is 10.2 Å². The molecular weight excluding hydrogens is 332 g/mol. The van der Waals surface area contributed by atoms with Gasteiger partial charge in [0, 0.05) is 6.61 Å². The Morgan fingerprint density at radius 1 is 1.00 bits per heavy atom. The van der Waals surface area contributed by atoms with Gasteiger partial charge in [-0.25, -0.2) is 0 Å². The summed E-state index contributed by atoms with van der Waals surface area (Å²) in [5, 5.41) is 28.5. The first-order chi connectivity index (χ1) is 12.7. The fourth-order valence-corrected chi connectivity index (χ4v) is 3.26. The third-order valence-electron chi connectivity index (χ3n) is 4.97. The highest BCUT2D eigenvalue weighted by atomic mass is 16.6. The third kappa shape index (κ3) is 10.0. The normalized spacial score (nSPS) is 24.5. The Kier molecular flexibility index (Phi) is 14.1. The van der Waals surface area contributed by atoms with Crippen LogP contribution in [0.3, 0.4) is 0 Å². The zero-order valence-corrected chi connectivity index (χ0v) is 16.5. The molecule has 0 unspecified atom stereocenters. The molecular formula is C21H40O5. The number of hydrogen-bond acceptors (Lipinski definition) is 5. The van der Waals surface area contributed by atoms with Gasteiger partial charge in [0.25, 0.3) is 0 Å². The summed E-state index contributed by atoms with van der Waals surface area (Å²) in [6.45, 7) is 2.70. The molecule has 3 N–H and O–H groups in total. The minimum atomic E-state index is -1.05. The summed E-state index contributed by atoms with van der Waals surface area (Å²) < 4.78 is 11.0. The van der Waals surface area contributed by atoms with E-state index in [4.69, 9.17) is 14.6 Å². The van der Waals surface area contributed by atoms with Crippen LogP contribution >= 0.6 is 0 Å². The lowest BCUT2D eigenvalue weighted by Gasteiger charge is -2.20. The minimum Gasteiger partial charge on any atom is -0.394 e. The van der Waals surface area contributed by atoms with Crippen molar-refractivity contribution in [2.45, 2.75) is 102 Å². The molecule has 1 aliphatic rings. The molecule has 0 bridgehead atoms. The summed E-state index contributed by atoms with van der Waals surface area (Å²) in [4.78, 5) is 0. The Bertz CT molecular complexity index is 347. The lowest BCUT2D eigenvalue weighted by atomic mass is 10.1. The van der Waals surface area contributed by atoms with Crippen LogP contribution in [-0.2, 0) is 9.47 Å². The molecule has 0 radical (unpaired) electrons. The Morgan fingerprint density at radius 2 is 1.62 bits per heavy atom. The summed E-state index contributed by atoms with van der Waals surface area (Å²) >= 11 is 0. The van der Waals surface area contributed by atoms with Gasteiger partial charge in [0.1, 0.15) is 24.4 Å². The van der Waals surface area contributed by atoms with Crippen molar-refractivity contribution in [3.63, 3.8) is 0 Å². The molecule has 5 heteroatoms. The van der Waals surface area contributed by atoms with Crippen molar-refractivity contribution >= 4 is 0 Å². The number of allylic oxidation sites excluding steroid dienone is 2. The zero-order chi connectivity index (χ0) is 19.0. The Morgan fingerprint density at radius 3 is 2.27 bits per heavy atom.